The highest BCUT2D eigenvalue weighted by atomic mass is 79.9. The first-order valence-electron chi connectivity index (χ1n) is 10.5. The third kappa shape index (κ3) is 4.88. The lowest BCUT2D eigenvalue weighted by molar-refractivity contribution is 0.601. The minimum atomic E-state index is -3.83. The van der Waals surface area contributed by atoms with Gasteiger partial charge in [-0.05, 0) is 61.9 Å². The third-order valence-electron chi connectivity index (χ3n) is 5.25. The maximum Gasteiger partial charge on any atom is 0.264 e. The Labute approximate surface area is 214 Å². The normalized spacial score (nSPS) is 11.5. The van der Waals surface area contributed by atoms with E-state index in [2.05, 4.69) is 65.0 Å². The van der Waals surface area contributed by atoms with E-state index in [1.807, 2.05) is 12.1 Å². The molecule has 0 bridgehead atoms. The van der Waals surface area contributed by atoms with E-state index in [1.165, 1.54) is 24.7 Å². The van der Waals surface area contributed by atoms with Crippen LogP contribution in [0, 0.1) is 13.8 Å². The first-order chi connectivity index (χ1) is 16.8. The van der Waals surface area contributed by atoms with Gasteiger partial charge in [0, 0.05) is 32.5 Å². The molecule has 2 aromatic carbocycles. The summed E-state index contributed by atoms with van der Waals surface area (Å²) in [6.07, 6.45) is 3.03. The minimum absolute atomic E-state index is 0.0314. The van der Waals surface area contributed by atoms with Crippen LogP contribution in [0.1, 0.15) is 10.6 Å². The van der Waals surface area contributed by atoms with Gasteiger partial charge in [0.25, 0.3) is 10.0 Å². The molecule has 0 unspecified atom stereocenters. The molecule has 8 nitrogen and oxygen atoms in total. The summed E-state index contributed by atoms with van der Waals surface area (Å²) in [5, 5.41) is 4.25. The summed E-state index contributed by atoms with van der Waals surface area (Å²) in [5.74, 6) is 0.683. The molecule has 2 N–H and O–H groups in total. The number of thiophene rings is 1. The molecule has 5 aromatic rings. The van der Waals surface area contributed by atoms with Crippen LogP contribution in [0.15, 0.2) is 76.5 Å². The van der Waals surface area contributed by atoms with Crippen LogP contribution in [0.3, 0.4) is 0 Å². The maximum absolute atomic E-state index is 12.8. The second-order valence-electron chi connectivity index (χ2n) is 7.72. The van der Waals surface area contributed by atoms with Crippen LogP contribution in [-0.2, 0) is 10.0 Å². The van der Waals surface area contributed by atoms with Gasteiger partial charge in [-0.2, -0.15) is 0 Å². The second-order valence-corrected chi connectivity index (χ2v) is 11.5. The molecule has 0 atom stereocenters. The van der Waals surface area contributed by atoms with Gasteiger partial charge in [0.15, 0.2) is 0 Å². The number of halogens is 1. The zero-order chi connectivity index (χ0) is 24.6. The molecule has 5 rings (SSSR count). The lowest BCUT2D eigenvalue weighted by Crippen LogP contribution is -2.15. The number of fused-ring (bicyclic) bond motifs is 1. The highest BCUT2D eigenvalue weighted by molar-refractivity contribution is 9.10. The summed E-state index contributed by atoms with van der Waals surface area (Å²) in [4.78, 5) is 19.1. The van der Waals surface area contributed by atoms with Gasteiger partial charge < -0.3 is 5.32 Å². The second kappa shape index (κ2) is 9.33. The lowest BCUT2D eigenvalue weighted by atomic mass is 10.0. The number of anilines is 3. The fraction of sp³-hybridized carbons (Fsp3) is 0.0833. The van der Waals surface area contributed by atoms with Crippen molar-refractivity contribution in [3.8, 4) is 11.1 Å². The van der Waals surface area contributed by atoms with Crippen LogP contribution in [0.25, 0.3) is 21.3 Å². The number of rotatable bonds is 6. The molecule has 0 fully saturated rings. The largest absolute Gasteiger partial charge is 0.340 e. The Morgan fingerprint density at radius 2 is 1.66 bits per heavy atom. The highest BCUT2D eigenvalue weighted by Crippen LogP contribution is 2.41. The number of sulfonamides is 1. The predicted molar refractivity (Wildman–Crippen MR) is 143 cm³/mol. The van der Waals surface area contributed by atoms with Gasteiger partial charge in [-0.25, -0.2) is 33.1 Å². The molecule has 3 aromatic heterocycles. The predicted octanol–water partition coefficient (Wildman–Crippen LogP) is 6.07. The van der Waals surface area contributed by atoms with Crippen molar-refractivity contribution in [3.05, 3.63) is 82.2 Å². The van der Waals surface area contributed by atoms with Crippen molar-refractivity contribution in [3.63, 3.8) is 0 Å². The number of nitrogens with one attached hydrogen (secondary N) is 2. The summed E-state index contributed by atoms with van der Waals surface area (Å²) >= 11 is 5.10. The summed E-state index contributed by atoms with van der Waals surface area (Å²) in [6, 6.07) is 16.2. The van der Waals surface area contributed by atoms with E-state index in [-0.39, 0.29) is 10.8 Å². The molecule has 0 radical (unpaired) electrons. The zero-order valence-corrected chi connectivity index (χ0v) is 21.9. The average molecular weight is 567 g/mol. The van der Waals surface area contributed by atoms with Crippen LogP contribution in [-0.4, -0.2) is 28.4 Å². The molecule has 0 saturated heterocycles. The van der Waals surface area contributed by atoms with Crippen molar-refractivity contribution >= 4 is 65.0 Å². The Kier molecular flexibility index (Phi) is 6.22. The van der Waals surface area contributed by atoms with Crippen molar-refractivity contribution < 1.29 is 8.42 Å². The van der Waals surface area contributed by atoms with Gasteiger partial charge in [0.05, 0.1) is 10.3 Å². The van der Waals surface area contributed by atoms with Crippen LogP contribution in [0.2, 0.25) is 0 Å². The fourth-order valence-corrected chi connectivity index (χ4v) is 5.86. The van der Waals surface area contributed by atoms with E-state index in [9.17, 15) is 8.42 Å². The number of hydrogen-bond acceptors (Lipinski definition) is 8. The zero-order valence-electron chi connectivity index (χ0n) is 18.7. The molecule has 0 amide bonds. The van der Waals surface area contributed by atoms with Crippen molar-refractivity contribution in [2.75, 3.05) is 10.0 Å². The Bertz CT molecular complexity index is 1640. The number of aromatic nitrogens is 4. The molecule has 0 spiro atoms. The number of nitrogens with zero attached hydrogens (tertiary/aromatic N) is 4. The average Bonchev–Trinajstić information content (AvgIpc) is 3.16. The Balaban J connectivity index is 1.45. The lowest BCUT2D eigenvalue weighted by Gasteiger charge is -2.11. The Morgan fingerprint density at radius 3 is 2.37 bits per heavy atom. The van der Waals surface area contributed by atoms with Crippen molar-refractivity contribution in [1.29, 1.82) is 0 Å². The van der Waals surface area contributed by atoms with Gasteiger partial charge in [-0.1, -0.05) is 28.1 Å². The van der Waals surface area contributed by atoms with E-state index in [1.54, 1.807) is 36.5 Å². The molecule has 176 valence electrons. The van der Waals surface area contributed by atoms with Crippen molar-refractivity contribution in [1.82, 2.24) is 19.9 Å². The van der Waals surface area contributed by atoms with Crippen LogP contribution >= 0.6 is 27.3 Å². The molecular weight excluding hydrogens is 548 g/mol. The molecule has 11 heteroatoms. The Hall–Kier alpha value is -3.41. The summed E-state index contributed by atoms with van der Waals surface area (Å²) in [6.45, 7) is 3.83. The molecular formula is C24H19BrN6O2S2. The summed E-state index contributed by atoms with van der Waals surface area (Å²) in [7, 11) is -3.83. The highest BCUT2D eigenvalue weighted by Gasteiger charge is 2.18. The van der Waals surface area contributed by atoms with E-state index in [0.717, 1.165) is 30.7 Å². The van der Waals surface area contributed by atoms with E-state index >= 15 is 0 Å². The first-order valence-corrected chi connectivity index (χ1v) is 13.6. The molecule has 35 heavy (non-hydrogen) atoms. The number of aryl methyl sites for hydroxylation is 2. The van der Waals surface area contributed by atoms with Gasteiger partial charge in [-0.3, -0.25) is 0 Å². The van der Waals surface area contributed by atoms with Gasteiger partial charge in [-0.15, -0.1) is 11.3 Å². The van der Waals surface area contributed by atoms with Gasteiger partial charge in [0.1, 0.15) is 17.0 Å². The fourth-order valence-electron chi connectivity index (χ4n) is 3.63. The Morgan fingerprint density at radius 1 is 0.914 bits per heavy atom. The van der Waals surface area contributed by atoms with E-state index in [0.29, 0.717) is 17.2 Å². The van der Waals surface area contributed by atoms with Crippen molar-refractivity contribution in [2.45, 2.75) is 18.7 Å². The summed E-state index contributed by atoms with van der Waals surface area (Å²) in [5.41, 5.74) is 3.50. The first kappa shape index (κ1) is 23.3. The van der Waals surface area contributed by atoms with E-state index in [4.69, 9.17) is 0 Å². The molecule has 0 aliphatic rings. The maximum atomic E-state index is 12.8. The van der Waals surface area contributed by atoms with Crippen LogP contribution in [0.5, 0.6) is 0 Å². The van der Waals surface area contributed by atoms with Crippen LogP contribution < -0.4 is 10.0 Å². The number of hydrogen-bond donors (Lipinski definition) is 2. The van der Waals surface area contributed by atoms with Crippen LogP contribution in [0.4, 0.5) is 17.5 Å². The molecule has 3 heterocycles. The van der Waals surface area contributed by atoms with Gasteiger partial charge >= 0.3 is 0 Å². The SMILES string of the molecule is Cc1ccnc(NS(=O)(=O)c2ccc(Nc3ncnc4sc(C)c(-c5ccc(Br)cc5)c34)cc2)n1. The monoisotopic (exact) mass is 566 g/mol. The van der Waals surface area contributed by atoms with Gasteiger partial charge in [0.2, 0.25) is 5.95 Å². The smallest absolute Gasteiger partial charge is 0.264 e. The summed E-state index contributed by atoms with van der Waals surface area (Å²) < 4.78 is 28.9. The quantitative estimate of drug-likeness (QED) is 0.256. The number of benzene rings is 2. The molecule has 0 aliphatic heterocycles. The molecule has 0 saturated carbocycles. The van der Waals surface area contributed by atoms with Crippen molar-refractivity contribution in [2.24, 2.45) is 0 Å². The third-order valence-corrected chi connectivity index (χ3v) is 8.13. The minimum Gasteiger partial charge on any atom is -0.340 e. The topological polar surface area (TPSA) is 110 Å². The standard InChI is InChI=1S/C24H19BrN6O2S2/c1-14-11-12-26-24(29-14)31-35(32,33)19-9-7-18(8-10-19)30-22-21-20(16-3-5-17(25)6-4-16)15(2)34-23(21)28-13-27-22/h3-13H,1-2H3,(H,26,29,31)(H,27,28,30). The molecule has 0 aliphatic carbocycles. The van der Waals surface area contributed by atoms with E-state index < -0.39 is 10.0 Å².